The highest BCUT2D eigenvalue weighted by molar-refractivity contribution is 5.08. The predicted octanol–water partition coefficient (Wildman–Crippen LogP) is 2.68. The largest absolute Gasteiger partial charge is 0.314 e. The normalized spacial score (nSPS) is 22.3. The maximum absolute atomic E-state index is 4.21. The molecule has 2 rings (SSSR count). The second kappa shape index (κ2) is 7.61. The van der Waals surface area contributed by atoms with Crippen LogP contribution in [0.1, 0.15) is 38.7 Å². The zero-order chi connectivity index (χ0) is 13.5. The Morgan fingerprint density at radius 1 is 1.53 bits per heavy atom. The molecule has 0 bridgehead atoms. The zero-order valence-electron chi connectivity index (χ0n) is 12.3. The number of aromatic nitrogens is 1. The molecular formula is C16H27N3. The molecule has 1 saturated heterocycles. The SMILES string of the molecule is CCCNC(C)C1CCCN(Cc2cccnc2)C1. The lowest BCUT2D eigenvalue weighted by Crippen LogP contribution is -2.44. The lowest BCUT2D eigenvalue weighted by molar-refractivity contribution is 0.144. The lowest BCUT2D eigenvalue weighted by atomic mass is 9.91. The predicted molar refractivity (Wildman–Crippen MR) is 80.0 cm³/mol. The maximum Gasteiger partial charge on any atom is 0.0312 e. The van der Waals surface area contributed by atoms with Crippen LogP contribution in [0.2, 0.25) is 0 Å². The molecule has 0 amide bonds. The van der Waals surface area contributed by atoms with Gasteiger partial charge in [-0.15, -0.1) is 0 Å². The second-order valence-electron chi connectivity index (χ2n) is 5.74. The summed E-state index contributed by atoms with van der Waals surface area (Å²) in [6, 6.07) is 4.84. The fourth-order valence-electron chi connectivity index (χ4n) is 2.93. The summed E-state index contributed by atoms with van der Waals surface area (Å²) in [4.78, 5) is 6.78. The highest BCUT2D eigenvalue weighted by Gasteiger charge is 2.24. The molecule has 2 heterocycles. The minimum atomic E-state index is 0.636. The van der Waals surface area contributed by atoms with Crippen LogP contribution in [0, 0.1) is 5.92 Å². The Labute approximate surface area is 117 Å². The summed E-state index contributed by atoms with van der Waals surface area (Å²) in [6.45, 7) is 9.20. The third-order valence-electron chi connectivity index (χ3n) is 4.09. The first kappa shape index (κ1) is 14.5. The van der Waals surface area contributed by atoms with Gasteiger partial charge >= 0.3 is 0 Å². The highest BCUT2D eigenvalue weighted by Crippen LogP contribution is 2.21. The Balaban J connectivity index is 1.83. The zero-order valence-corrected chi connectivity index (χ0v) is 12.3. The Bertz CT molecular complexity index is 352. The molecule has 1 fully saturated rings. The van der Waals surface area contributed by atoms with Crippen molar-refractivity contribution in [1.29, 1.82) is 0 Å². The van der Waals surface area contributed by atoms with Crippen LogP contribution >= 0.6 is 0 Å². The quantitative estimate of drug-likeness (QED) is 0.853. The Morgan fingerprint density at radius 2 is 2.42 bits per heavy atom. The van der Waals surface area contributed by atoms with Crippen LogP contribution in [0.4, 0.5) is 0 Å². The van der Waals surface area contributed by atoms with E-state index in [1.165, 1.54) is 37.9 Å². The fraction of sp³-hybridized carbons (Fsp3) is 0.688. The molecule has 0 saturated carbocycles. The molecule has 1 N–H and O–H groups in total. The van der Waals surface area contributed by atoms with Gasteiger partial charge in [0, 0.05) is 31.5 Å². The van der Waals surface area contributed by atoms with Gasteiger partial charge in [-0.05, 0) is 56.8 Å². The summed E-state index contributed by atoms with van der Waals surface area (Å²) < 4.78 is 0. The van der Waals surface area contributed by atoms with Gasteiger partial charge < -0.3 is 5.32 Å². The van der Waals surface area contributed by atoms with Crippen molar-refractivity contribution in [2.75, 3.05) is 19.6 Å². The average Bonchev–Trinajstić information content (AvgIpc) is 2.46. The molecule has 1 aliphatic rings. The molecule has 0 aliphatic carbocycles. The van der Waals surface area contributed by atoms with Gasteiger partial charge in [0.25, 0.3) is 0 Å². The van der Waals surface area contributed by atoms with E-state index in [-0.39, 0.29) is 0 Å². The Hall–Kier alpha value is -0.930. The summed E-state index contributed by atoms with van der Waals surface area (Å²) in [5.74, 6) is 0.789. The molecule has 1 aliphatic heterocycles. The first-order valence-corrected chi connectivity index (χ1v) is 7.64. The minimum Gasteiger partial charge on any atom is -0.314 e. The topological polar surface area (TPSA) is 28.2 Å². The van der Waals surface area contributed by atoms with Crippen molar-refractivity contribution >= 4 is 0 Å². The number of hydrogen-bond acceptors (Lipinski definition) is 3. The number of likely N-dealkylation sites (tertiary alicyclic amines) is 1. The summed E-state index contributed by atoms with van der Waals surface area (Å²) in [6.07, 6.45) is 7.74. The van der Waals surface area contributed by atoms with Crippen molar-refractivity contribution in [3.8, 4) is 0 Å². The van der Waals surface area contributed by atoms with Gasteiger partial charge in [-0.3, -0.25) is 9.88 Å². The van der Waals surface area contributed by atoms with Gasteiger partial charge in [0.2, 0.25) is 0 Å². The van der Waals surface area contributed by atoms with Crippen LogP contribution in [-0.2, 0) is 6.54 Å². The molecule has 2 atom stereocenters. The van der Waals surface area contributed by atoms with Crippen molar-refractivity contribution in [2.24, 2.45) is 5.92 Å². The molecule has 3 heteroatoms. The van der Waals surface area contributed by atoms with Crippen molar-refractivity contribution in [3.05, 3.63) is 30.1 Å². The average molecular weight is 261 g/mol. The van der Waals surface area contributed by atoms with E-state index in [1.54, 1.807) is 0 Å². The third kappa shape index (κ3) is 4.59. The van der Waals surface area contributed by atoms with Crippen LogP contribution in [-0.4, -0.2) is 35.6 Å². The number of pyridine rings is 1. The van der Waals surface area contributed by atoms with E-state index in [0.717, 1.165) is 19.0 Å². The van der Waals surface area contributed by atoms with E-state index < -0.39 is 0 Å². The number of hydrogen-bond donors (Lipinski definition) is 1. The molecule has 2 unspecified atom stereocenters. The van der Waals surface area contributed by atoms with Gasteiger partial charge in [0.15, 0.2) is 0 Å². The summed E-state index contributed by atoms with van der Waals surface area (Å²) >= 11 is 0. The van der Waals surface area contributed by atoms with Crippen LogP contribution in [0.3, 0.4) is 0 Å². The van der Waals surface area contributed by atoms with E-state index in [9.17, 15) is 0 Å². The molecule has 0 aromatic carbocycles. The van der Waals surface area contributed by atoms with E-state index in [1.807, 2.05) is 18.5 Å². The van der Waals surface area contributed by atoms with E-state index in [4.69, 9.17) is 0 Å². The molecular weight excluding hydrogens is 234 g/mol. The van der Waals surface area contributed by atoms with Crippen LogP contribution in [0.5, 0.6) is 0 Å². The second-order valence-corrected chi connectivity index (χ2v) is 5.74. The monoisotopic (exact) mass is 261 g/mol. The summed E-state index contributed by atoms with van der Waals surface area (Å²) in [7, 11) is 0. The molecule has 0 radical (unpaired) electrons. The summed E-state index contributed by atoms with van der Waals surface area (Å²) in [5, 5.41) is 3.65. The number of nitrogens with zero attached hydrogens (tertiary/aromatic N) is 2. The third-order valence-corrected chi connectivity index (χ3v) is 4.09. The lowest BCUT2D eigenvalue weighted by Gasteiger charge is -2.36. The van der Waals surface area contributed by atoms with Gasteiger partial charge in [-0.25, -0.2) is 0 Å². The van der Waals surface area contributed by atoms with Crippen molar-refractivity contribution in [3.63, 3.8) is 0 Å². The fourth-order valence-corrected chi connectivity index (χ4v) is 2.93. The Morgan fingerprint density at radius 3 is 3.16 bits per heavy atom. The number of piperidine rings is 1. The molecule has 1 aromatic rings. The van der Waals surface area contributed by atoms with Crippen LogP contribution in [0.15, 0.2) is 24.5 Å². The van der Waals surface area contributed by atoms with Gasteiger partial charge in [0.1, 0.15) is 0 Å². The van der Waals surface area contributed by atoms with E-state index in [2.05, 4.69) is 35.1 Å². The number of nitrogens with one attached hydrogen (secondary N) is 1. The van der Waals surface area contributed by atoms with Crippen LogP contribution in [0.25, 0.3) is 0 Å². The molecule has 3 nitrogen and oxygen atoms in total. The molecule has 0 spiro atoms. The first-order chi connectivity index (χ1) is 9.29. The highest BCUT2D eigenvalue weighted by atomic mass is 15.1. The van der Waals surface area contributed by atoms with Crippen LogP contribution < -0.4 is 5.32 Å². The van der Waals surface area contributed by atoms with E-state index in [0.29, 0.717) is 6.04 Å². The van der Waals surface area contributed by atoms with Gasteiger partial charge in [-0.1, -0.05) is 13.0 Å². The van der Waals surface area contributed by atoms with Crippen molar-refractivity contribution in [2.45, 2.75) is 45.7 Å². The Kier molecular flexibility index (Phi) is 5.80. The van der Waals surface area contributed by atoms with Gasteiger partial charge in [0.05, 0.1) is 0 Å². The number of rotatable bonds is 6. The maximum atomic E-state index is 4.21. The smallest absolute Gasteiger partial charge is 0.0312 e. The van der Waals surface area contributed by atoms with Crippen molar-refractivity contribution < 1.29 is 0 Å². The molecule has 19 heavy (non-hydrogen) atoms. The van der Waals surface area contributed by atoms with Gasteiger partial charge in [-0.2, -0.15) is 0 Å². The van der Waals surface area contributed by atoms with Crippen molar-refractivity contribution in [1.82, 2.24) is 15.2 Å². The molecule has 106 valence electrons. The first-order valence-electron chi connectivity index (χ1n) is 7.64. The van der Waals surface area contributed by atoms with E-state index >= 15 is 0 Å². The standard InChI is InChI=1S/C16H27N3/c1-3-8-18-14(2)16-7-5-10-19(13-16)12-15-6-4-9-17-11-15/h4,6,9,11,14,16,18H,3,5,7-8,10,12-13H2,1-2H3. The summed E-state index contributed by atoms with van der Waals surface area (Å²) in [5.41, 5.74) is 1.33. The minimum absolute atomic E-state index is 0.636. The molecule has 1 aromatic heterocycles.